The van der Waals surface area contributed by atoms with Crippen molar-refractivity contribution in [2.24, 2.45) is 0 Å². The van der Waals surface area contributed by atoms with Crippen LogP contribution in [0.15, 0.2) is 78.0 Å². The van der Waals surface area contributed by atoms with Crippen LogP contribution in [0.25, 0.3) is 5.69 Å². The highest BCUT2D eigenvalue weighted by atomic mass is 35.5. The number of nitrogens with zero attached hydrogens (tertiary/aromatic N) is 2. The predicted octanol–water partition coefficient (Wildman–Crippen LogP) is 6.64. The van der Waals surface area contributed by atoms with Gasteiger partial charge in [-0.05, 0) is 59.3 Å². The average Bonchev–Trinajstić information content (AvgIpc) is 3.41. The number of methoxy groups -OCH3 is 2. The zero-order valence-electron chi connectivity index (χ0n) is 21.8. The maximum absolute atomic E-state index is 12.8. The molecule has 0 unspecified atom stereocenters. The Balaban J connectivity index is 1.54. The predicted molar refractivity (Wildman–Crippen MR) is 154 cm³/mol. The van der Waals surface area contributed by atoms with Crippen LogP contribution in [0.4, 0.5) is 5.69 Å². The van der Waals surface area contributed by atoms with E-state index < -0.39 is 0 Å². The van der Waals surface area contributed by atoms with Crippen LogP contribution < -0.4 is 19.5 Å². The first-order valence-corrected chi connectivity index (χ1v) is 13.4. The number of carbonyl (C=O) groups is 1. The molecule has 0 spiro atoms. The summed E-state index contributed by atoms with van der Waals surface area (Å²) in [5, 5.41) is 8.15. The molecule has 2 N–H and O–H groups in total. The van der Waals surface area contributed by atoms with Crippen LogP contribution in [-0.4, -0.2) is 29.9 Å². The van der Waals surface area contributed by atoms with Crippen LogP contribution in [0, 0.1) is 0 Å². The van der Waals surface area contributed by atoms with E-state index in [1.165, 1.54) is 11.9 Å². The number of hydrogen-bond donors (Lipinski definition) is 2. The van der Waals surface area contributed by atoms with E-state index in [2.05, 4.69) is 29.0 Å². The van der Waals surface area contributed by atoms with Gasteiger partial charge < -0.3 is 14.8 Å². The van der Waals surface area contributed by atoms with Crippen molar-refractivity contribution in [3.63, 3.8) is 0 Å². The van der Waals surface area contributed by atoms with Crippen molar-refractivity contribution >= 4 is 35.1 Å². The lowest BCUT2D eigenvalue weighted by Gasteiger charge is -2.14. The van der Waals surface area contributed by atoms with Gasteiger partial charge in [-0.2, -0.15) is 5.10 Å². The number of amides is 1. The summed E-state index contributed by atoms with van der Waals surface area (Å²) >= 11 is 7.70. The molecule has 0 saturated carbocycles. The fraction of sp³-hybridized carbons (Fsp3) is 0.241. The van der Waals surface area contributed by atoms with Crippen LogP contribution in [0.2, 0.25) is 5.02 Å². The van der Waals surface area contributed by atoms with Gasteiger partial charge in [-0.3, -0.25) is 9.52 Å². The quantitative estimate of drug-likeness (QED) is 0.204. The summed E-state index contributed by atoms with van der Waals surface area (Å²) in [7, 11) is 3.27. The SMILES string of the molecule is COc1ccc(CNSc2cc(NC(=O)Cc3ccccc3Cl)ccc2-n2cc(C(C)C)cn2)c(OC)c1. The number of carbonyl (C=O) groups excluding carboxylic acids is 1. The van der Waals surface area contributed by atoms with E-state index in [9.17, 15) is 4.79 Å². The fourth-order valence-electron chi connectivity index (χ4n) is 3.84. The molecule has 0 aliphatic heterocycles. The number of hydrogen-bond acceptors (Lipinski definition) is 6. The molecule has 38 heavy (non-hydrogen) atoms. The lowest BCUT2D eigenvalue weighted by atomic mass is 10.1. The first-order valence-electron chi connectivity index (χ1n) is 12.2. The highest BCUT2D eigenvalue weighted by molar-refractivity contribution is 7.97. The van der Waals surface area contributed by atoms with E-state index in [4.69, 9.17) is 21.1 Å². The van der Waals surface area contributed by atoms with Crippen molar-refractivity contribution < 1.29 is 14.3 Å². The molecule has 4 rings (SSSR count). The Bertz CT molecular complexity index is 1410. The smallest absolute Gasteiger partial charge is 0.228 e. The number of nitrogens with one attached hydrogen (secondary N) is 2. The molecule has 0 bridgehead atoms. The van der Waals surface area contributed by atoms with Gasteiger partial charge in [0.25, 0.3) is 0 Å². The Labute approximate surface area is 232 Å². The van der Waals surface area contributed by atoms with Crippen LogP contribution in [0.1, 0.15) is 36.5 Å². The highest BCUT2D eigenvalue weighted by Gasteiger charge is 2.13. The average molecular weight is 551 g/mol. The van der Waals surface area contributed by atoms with Gasteiger partial charge in [0.05, 0.1) is 37.4 Å². The Morgan fingerprint density at radius 3 is 2.58 bits per heavy atom. The lowest BCUT2D eigenvalue weighted by molar-refractivity contribution is -0.115. The van der Waals surface area contributed by atoms with Crippen molar-refractivity contribution in [2.45, 2.75) is 37.6 Å². The molecular formula is C29H31ClN4O3S. The largest absolute Gasteiger partial charge is 0.497 e. The molecule has 4 aromatic rings. The second-order valence-corrected chi connectivity index (χ2v) is 10.3. The van der Waals surface area contributed by atoms with Gasteiger partial charge in [-0.25, -0.2) is 4.68 Å². The Morgan fingerprint density at radius 1 is 1.05 bits per heavy atom. The number of benzene rings is 3. The summed E-state index contributed by atoms with van der Waals surface area (Å²) in [6.07, 6.45) is 4.11. The zero-order valence-corrected chi connectivity index (χ0v) is 23.4. The normalized spacial score (nSPS) is 11.0. The molecule has 0 aliphatic rings. The van der Waals surface area contributed by atoms with Crippen LogP contribution >= 0.6 is 23.5 Å². The van der Waals surface area contributed by atoms with E-state index in [0.717, 1.165) is 38.8 Å². The van der Waals surface area contributed by atoms with Crippen molar-refractivity contribution in [1.82, 2.24) is 14.5 Å². The van der Waals surface area contributed by atoms with E-state index in [-0.39, 0.29) is 12.3 Å². The number of ether oxygens (including phenoxy) is 2. The minimum Gasteiger partial charge on any atom is -0.497 e. The van der Waals surface area contributed by atoms with E-state index in [0.29, 0.717) is 23.2 Å². The third-order valence-electron chi connectivity index (χ3n) is 6.01. The number of aromatic nitrogens is 2. The van der Waals surface area contributed by atoms with Gasteiger partial charge in [-0.15, -0.1) is 0 Å². The van der Waals surface area contributed by atoms with Gasteiger partial charge in [-0.1, -0.05) is 49.7 Å². The molecule has 1 amide bonds. The summed E-state index contributed by atoms with van der Waals surface area (Å²) in [6, 6.07) is 18.9. The van der Waals surface area contributed by atoms with Gasteiger partial charge in [0, 0.05) is 35.1 Å². The molecule has 198 valence electrons. The van der Waals surface area contributed by atoms with Crippen molar-refractivity contribution in [1.29, 1.82) is 0 Å². The molecule has 1 heterocycles. The first-order chi connectivity index (χ1) is 18.4. The summed E-state index contributed by atoms with van der Waals surface area (Å²) < 4.78 is 16.1. The molecule has 9 heteroatoms. The summed E-state index contributed by atoms with van der Waals surface area (Å²) in [5.74, 6) is 1.70. The number of halogens is 1. The molecule has 0 atom stereocenters. The van der Waals surface area contributed by atoms with Gasteiger partial charge in [0.15, 0.2) is 0 Å². The zero-order chi connectivity index (χ0) is 27.1. The molecule has 0 saturated heterocycles. The van der Waals surface area contributed by atoms with E-state index >= 15 is 0 Å². The van der Waals surface area contributed by atoms with Crippen molar-refractivity contribution in [2.75, 3.05) is 19.5 Å². The van der Waals surface area contributed by atoms with Gasteiger partial charge >= 0.3 is 0 Å². The minimum absolute atomic E-state index is 0.140. The molecule has 0 radical (unpaired) electrons. The van der Waals surface area contributed by atoms with Crippen LogP contribution in [0.3, 0.4) is 0 Å². The molecular weight excluding hydrogens is 520 g/mol. The fourth-order valence-corrected chi connectivity index (χ4v) is 4.88. The molecule has 0 fully saturated rings. The first kappa shape index (κ1) is 27.6. The standard InChI is InChI=1S/C29H31ClN4O3S/c1-19(2)22-16-31-34(18-22)26-12-10-23(33-29(35)13-20-7-5-6-8-25(20)30)14-28(26)38-32-17-21-9-11-24(36-3)15-27(21)37-4/h5-12,14-16,18-19,32H,13,17H2,1-4H3,(H,33,35). The maximum Gasteiger partial charge on any atom is 0.228 e. The second-order valence-electron chi connectivity index (χ2n) is 8.97. The Morgan fingerprint density at radius 2 is 1.87 bits per heavy atom. The van der Waals surface area contributed by atoms with Crippen molar-refractivity contribution in [3.05, 3.63) is 94.8 Å². The maximum atomic E-state index is 12.8. The molecule has 1 aromatic heterocycles. The third kappa shape index (κ3) is 6.89. The van der Waals surface area contributed by atoms with E-state index in [1.807, 2.05) is 71.7 Å². The number of anilines is 1. The van der Waals surface area contributed by atoms with E-state index in [1.54, 1.807) is 20.3 Å². The Kier molecular flexibility index (Phi) is 9.33. The van der Waals surface area contributed by atoms with Crippen LogP contribution in [0.5, 0.6) is 11.5 Å². The second kappa shape index (κ2) is 12.9. The summed E-state index contributed by atoms with van der Waals surface area (Å²) in [6.45, 7) is 4.83. The van der Waals surface area contributed by atoms with Crippen LogP contribution in [-0.2, 0) is 17.8 Å². The number of rotatable bonds is 11. The summed E-state index contributed by atoms with van der Waals surface area (Å²) in [5.41, 5.74) is 4.51. The highest BCUT2D eigenvalue weighted by Crippen LogP contribution is 2.30. The lowest BCUT2D eigenvalue weighted by Crippen LogP contribution is -2.15. The third-order valence-corrected chi connectivity index (χ3v) is 7.21. The topological polar surface area (TPSA) is 77.4 Å². The van der Waals surface area contributed by atoms with Crippen molar-refractivity contribution in [3.8, 4) is 17.2 Å². The monoisotopic (exact) mass is 550 g/mol. The van der Waals surface area contributed by atoms with Gasteiger partial charge in [0.2, 0.25) is 5.91 Å². The Hall–Kier alpha value is -3.46. The van der Waals surface area contributed by atoms with Gasteiger partial charge in [0.1, 0.15) is 11.5 Å². The molecule has 3 aromatic carbocycles. The minimum atomic E-state index is -0.140. The molecule has 7 nitrogen and oxygen atoms in total. The molecule has 0 aliphatic carbocycles. The summed E-state index contributed by atoms with van der Waals surface area (Å²) in [4.78, 5) is 13.7.